The van der Waals surface area contributed by atoms with E-state index < -0.39 is 11.6 Å². The Balaban J connectivity index is 1.63. The van der Waals surface area contributed by atoms with Gasteiger partial charge in [-0.05, 0) is 30.9 Å². The summed E-state index contributed by atoms with van der Waals surface area (Å²) in [5.41, 5.74) is 0.158. The largest absolute Gasteiger partial charge is 0.441 e. The molecule has 3 rings (SSSR count). The second-order valence-corrected chi connectivity index (χ2v) is 6.78. The van der Waals surface area contributed by atoms with Gasteiger partial charge < -0.3 is 9.32 Å². The van der Waals surface area contributed by atoms with Crippen LogP contribution in [0.25, 0.3) is 11.3 Å². The van der Waals surface area contributed by atoms with Gasteiger partial charge >= 0.3 is 0 Å². The van der Waals surface area contributed by atoms with Crippen LogP contribution >= 0.6 is 0 Å². The van der Waals surface area contributed by atoms with Crippen molar-refractivity contribution in [2.24, 2.45) is 5.92 Å². The summed E-state index contributed by atoms with van der Waals surface area (Å²) in [6.07, 6.45) is 4.18. The summed E-state index contributed by atoms with van der Waals surface area (Å²) in [7, 11) is 0. The maximum atomic E-state index is 13.8. The van der Waals surface area contributed by atoms with Gasteiger partial charge in [-0.1, -0.05) is 13.8 Å². The number of aromatic nitrogens is 1. The molecule has 1 atom stereocenters. The second kappa shape index (κ2) is 7.33. The Bertz CT molecular complexity index is 758. The number of amides is 1. The first-order valence-electron chi connectivity index (χ1n) is 8.65. The van der Waals surface area contributed by atoms with Gasteiger partial charge in [-0.25, -0.2) is 13.8 Å². The number of halogens is 2. The standard InChI is InChI=1S/C19H22F2N2O2/c1-12(2)16-4-3-9-23(16)19(24)8-7-18-22-11-17(25-18)14-6-5-13(20)10-15(14)21/h5-6,10-12,16H,3-4,7-9H2,1-2H3. The molecule has 0 N–H and O–H groups in total. The van der Waals surface area contributed by atoms with E-state index in [0.717, 1.165) is 25.5 Å². The van der Waals surface area contributed by atoms with Crippen molar-refractivity contribution >= 4 is 5.91 Å². The van der Waals surface area contributed by atoms with E-state index in [1.54, 1.807) is 0 Å². The van der Waals surface area contributed by atoms with Crippen molar-refractivity contribution in [3.8, 4) is 11.3 Å². The maximum absolute atomic E-state index is 13.8. The lowest BCUT2D eigenvalue weighted by Gasteiger charge is -2.27. The number of hydrogen-bond acceptors (Lipinski definition) is 3. The minimum Gasteiger partial charge on any atom is -0.441 e. The molecule has 1 aliphatic rings. The second-order valence-electron chi connectivity index (χ2n) is 6.78. The Kier molecular flexibility index (Phi) is 5.16. The number of rotatable bonds is 5. The zero-order valence-electron chi connectivity index (χ0n) is 14.5. The molecule has 1 saturated heterocycles. The van der Waals surface area contributed by atoms with Gasteiger partial charge in [0, 0.05) is 31.5 Å². The summed E-state index contributed by atoms with van der Waals surface area (Å²) in [6.45, 7) is 5.07. The van der Waals surface area contributed by atoms with Crippen LogP contribution in [0, 0.1) is 17.6 Å². The topological polar surface area (TPSA) is 46.3 Å². The van der Waals surface area contributed by atoms with Gasteiger partial charge in [-0.15, -0.1) is 0 Å². The Morgan fingerprint density at radius 3 is 2.92 bits per heavy atom. The molecule has 0 saturated carbocycles. The van der Waals surface area contributed by atoms with Crippen LogP contribution in [0.4, 0.5) is 8.78 Å². The molecule has 1 unspecified atom stereocenters. The highest BCUT2D eigenvalue weighted by molar-refractivity contribution is 5.77. The number of carbonyl (C=O) groups excluding carboxylic acids is 1. The van der Waals surface area contributed by atoms with Crippen molar-refractivity contribution in [3.63, 3.8) is 0 Å². The predicted molar refractivity (Wildman–Crippen MR) is 89.7 cm³/mol. The molecule has 1 fully saturated rings. The van der Waals surface area contributed by atoms with Gasteiger partial charge in [-0.3, -0.25) is 4.79 Å². The van der Waals surface area contributed by atoms with Crippen LogP contribution in [0.5, 0.6) is 0 Å². The number of carbonyl (C=O) groups is 1. The van der Waals surface area contributed by atoms with E-state index in [1.165, 1.54) is 18.3 Å². The van der Waals surface area contributed by atoms with Gasteiger partial charge in [-0.2, -0.15) is 0 Å². The minimum absolute atomic E-state index is 0.101. The van der Waals surface area contributed by atoms with Crippen molar-refractivity contribution in [1.29, 1.82) is 0 Å². The van der Waals surface area contributed by atoms with Gasteiger partial charge in [0.25, 0.3) is 0 Å². The van der Waals surface area contributed by atoms with Crippen LogP contribution in [-0.4, -0.2) is 28.4 Å². The number of likely N-dealkylation sites (tertiary alicyclic amines) is 1. The van der Waals surface area contributed by atoms with Crippen molar-refractivity contribution in [2.45, 2.75) is 45.6 Å². The fourth-order valence-electron chi connectivity index (χ4n) is 3.39. The zero-order chi connectivity index (χ0) is 18.0. The zero-order valence-corrected chi connectivity index (χ0v) is 14.5. The van der Waals surface area contributed by atoms with E-state index in [4.69, 9.17) is 4.42 Å². The first-order valence-corrected chi connectivity index (χ1v) is 8.65. The van der Waals surface area contributed by atoms with Crippen LogP contribution < -0.4 is 0 Å². The molecule has 4 nitrogen and oxygen atoms in total. The lowest BCUT2D eigenvalue weighted by atomic mass is 10.0. The fourth-order valence-corrected chi connectivity index (χ4v) is 3.39. The smallest absolute Gasteiger partial charge is 0.223 e. The van der Waals surface area contributed by atoms with Crippen LogP contribution in [-0.2, 0) is 11.2 Å². The lowest BCUT2D eigenvalue weighted by Crippen LogP contribution is -2.38. The molecule has 1 aromatic heterocycles. The molecule has 1 aromatic carbocycles. The highest BCUT2D eigenvalue weighted by Gasteiger charge is 2.30. The molecule has 0 bridgehead atoms. The van der Waals surface area contributed by atoms with Crippen molar-refractivity contribution in [2.75, 3.05) is 6.54 Å². The van der Waals surface area contributed by atoms with E-state index in [-0.39, 0.29) is 17.2 Å². The van der Waals surface area contributed by atoms with Crippen molar-refractivity contribution in [3.05, 3.63) is 41.9 Å². The van der Waals surface area contributed by atoms with Crippen LogP contribution in [0.3, 0.4) is 0 Å². The van der Waals surface area contributed by atoms with Crippen LogP contribution in [0.1, 0.15) is 39.0 Å². The molecule has 2 heterocycles. The van der Waals surface area contributed by atoms with E-state index >= 15 is 0 Å². The molecular weight excluding hydrogens is 326 g/mol. The monoisotopic (exact) mass is 348 g/mol. The van der Waals surface area contributed by atoms with Gasteiger partial charge in [0.1, 0.15) is 11.6 Å². The highest BCUT2D eigenvalue weighted by Crippen LogP contribution is 2.26. The number of benzene rings is 1. The van der Waals surface area contributed by atoms with Crippen molar-refractivity contribution in [1.82, 2.24) is 9.88 Å². The summed E-state index contributed by atoms with van der Waals surface area (Å²) < 4.78 is 32.3. The van der Waals surface area contributed by atoms with Gasteiger partial charge in [0.2, 0.25) is 5.91 Å². The molecule has 6 heteroatoms. The number of hydrogen-bond donors (Lipinski definition) is 0. The molecule has 2 aromatic rings. The van der Waals surface area contributed by atoms with Crippen LogP contribution in [0.15, 0.2) is 28.8 Å². The SMILES string of the molecule is CC(C)C1CCCN1C(=O)CCc1ncc(-c2ccc(F)cc2F)o1. The van der Waals surface area contributed by atoms with Crippen molar-refractivity contribution < 1.29 is 18.0 Å². The molecule has 134 valence electrons. The molecule has 1 amide bonds. The van der Waals surface area contributed by atoms with E-state index in [2.05, 4.69) is 18.8 Å². The molecule has 0 spiro atoms. The normalized spacial score (nSPS) is 17.5. The molecule has 0 radical (unpaired) electrons. The lowest BCUT2D eigenvalue weighted by molar-refractivity contribution is -0.132. The number of oxazole rings is 1. The third kappa shape index (κ3) is 3.89. The third-order valence-electron chi connectivity index (χ3n) is 4.69. The van der Waals surface area contributed by atoms with Gasteiger partial charge in [0.15, 0.2) is 11.7 Å². The first kappa shape index (κ1) is 17.6. The summed E-state index contributed by atoms with van der Waals surface area (Å²) in [5, 5.41) is 0. The Labute approximate surface area is 145 Å². The average molecular weight is 348 g/mol. The quantitative estimate of drug-likeness (QED) is 0.813. The maximum Gasteiger partial charge on any atom is 0.223 e. The van der Waals surface area contributed by atoms with E-state index in [1.807, 2.05) is 4.90 Å². The Hall–Kier alpha value is -2.24. The average Bonchev–Trinajstić information content (AvgIpc) is 3.22. The summed E-state index contributed by atoms with van der Waals surface area (Å²) in [6, 6.07) is 3.60. The summed E-state index contributed by atoms with van der Waals surface area (Å²) in [4.78, 5) is 18.5. The third-order valence-corrected chi connectivity index (χ3v) is 4.69. The summed E-state index contributed by atoms with van der Waals surface area (Å²) in [5.74, 6) is -0.175. The molecular formula is C19H22F2N2O2. The fraction of sp³-hybridized carbons (Fsp3) is 0.474. The van der Waals surface area contributed by atoms with E-state index in [0.29, 0.717) is 30.7 Å². The Morgan fingerprint density at radius 2 is 2.20 bits per heavy atom. The first-order chi connectivity index (χ1) is 12.0. The van der Waals surface area contributed by atoms with Crippen LogP contribution in [0.2, 0.25) is 0 Å². The molecule has 1 aliphatic heterocycles. The summed E-state index contributed by atoms with van der Waals surface area (Å²) >= 11 is 0. The minimum atomic E-state index is -0.699. The molecule has 0 aliphatic carbocycles. The highest BCUT2D eigenvalue weighted by atomic mass is 19.1. The number of aryl methyl sites for hydroxylation is 1. The van der Waals surface area contributed by atoms with Gasteiger partial charge in [0.05, 0.1) is 11.8 Å². The van der Waals surface area contributed by atoms with E-state index in [9.17, 15) is 13.6 Å². The predicted octanol–water partition coefficient (Wildman–Crippen LogP) is 4.20. The number of nitrogens with zero attached hydrogens (tertiary/aromatic N) is 2. The molecule has 25 heavy (non-hydrogen) atoms. The Morgan fingerprint density at radius 1 is 1.40 bits per heavy atom.